The second-order valence-electron chi connectivity index (χ2n) is 6.28. The number of carboxylic acid groups (broad SMARTS) is 1. The molecule has 5 heteroatoms. The van der Waals surface area contributed by atoms with Gasteiger partial charge in [-0.15, -0.1) is 0 Å². The van der Waals surface area contributed by atoms with E-state index in [0.29, 0.717) is 19.1 Å². The second kappa shape index (κ2) is 6.88. The summed E-state index contributed by atoms with van der Waals surface area (Å²) in [6.07, 6.45) is 3.20. The van der Waals surface area contributed by atoms with E-state index in [0.717, 1.165) is 12.1 Å². The van der Waals surface area contributed by atoms with Crippen molar-refractivity contribution in [2.24, 2.45) is 0 Å². The lowest BCUT2D eigenvalue weighted by atomic mass is 10.1. The summed E-state index contributed by atoms with van der Waals surface area (Å²) in [7, 11) is 0. The van der Waals surface area contributed by atoms with Crippen LogP contribution in [0.1, 0.15) is 59.2 Å². The molecule has 0 fully saturated rings. The Morgan fingerprint density at radius 3 is 2.65 bits per heavy atom. The highest BCUT2D eigenvalue weighted by Gasteiger charge is 2.23. The molecule has 20 heavy (non-hydrogen) atoms. The van der Waals surface area contributed by atoms with Crippen LogP contribution in [-0.4, -0.2) is 37.8 Å². The minimum Gasteiger partial charge on any atom is -0.481 e. The lowest BCUT2D eigenvalue weighted by Crippen LogP contribution is -2.42. The first-order valence-electron chi connectivity index (χ1n) is 7.25. The van der Waals surface area contributed by atoms with Crippen LogP contribution in [0.25, 0.3) is 0 Å². The van der Waals surface area contributed by atoms with Crippen molar-refractivity contribution in [3.63, 3.8) is 0 Å². The number of carboxylic acids is 1. The number of hydrogen-bond acceptors (Lipinski definition) is 3. The van der Waals surface area contributed by atoms with Crippen LogP contribution in [0.2, 0.25) is 0 Å². The van der Waals surface area contributed by atoms with Gasteiger partial charge in [-0.3, -0.25) is 14.4 Å². The van der Waals surface area contributed by atoms with Crippen LogP contribution >= 0.6 is 0 Å². The fourth-order valence-corrected chi connectivity index (χ4v) is 1.97. The third kappa shape index (κ3) is 4.96. The van der Waals surface area contributed by atoms with Crippen molar-refractivity contribution in [3.8, 4) is 0 Å². The van der Waals surface area contributed by atoms with E-state index in [4.69, 9.17) is 5.11 Å². The minimum absolute atomic E-state index is 0.0738. The lowest BCUT2D eigenvalue weighted by molar-refractivity contribution is -0.137. The summed E-state index contributed by atoms with van der Waals surface area (Å²) < 4.78 is 1.98. The van der Waals surface area contributed by atoms with Crippen molar-refractivity contribution >= 4 is 5.97 Å². The average Bonchev–Trinajstić information content (AvgIpc) is 2.80. The van der Waals surface area contributed by atoms with E-state index in [2.05, 4.69) is 44.6 Å². The van der Waals surface area contributed by atoms with Crippen molar-refractivity contribution in [3.05, 3.63) is 18.0 Å². The summed E-state index contributed by atoms with van der Waals surface area (Å²) in [6.45, 7) is 11.8. The number of aromatic nitrogens is 2. The van der Waals surface area contributed by atoms with Gasteiger partial charge in [-0.2, -0.15) is 5.10 Å². The monoisotopic (exact) mass is 281 g/mol. The van der Waals surface area contributed by atoms with Crippen molar-refractivity contribution in [2.75, 3.05) is 6.54 Å². The molecule has 0 aliphatic carbocycles. The van der Waals surface area contributed by atoms with Gasteiger partial charge in [0.1, 0.15) is 0 Å². The average molecular weight is 281 g/mol. The quantitative estimate of drug-likeness (QED) is 0.835. The predicted octanol–water partition coefficient (Wildman–Crippen LogP) is 2.93. The molecule has 114 valence electrons. The first-order valence-corrected chi connectivity index (χ1v) is 7.25. The zero-order valence-corrected chi connectivity index (χ0v) is 13.3. The summed E-state index contributed by atoms with van der Waals surface area (Å²) in [5, 5.41) is 13.4. The molecule has 0 bridgehead atoms. The highest BCUT2D eigenvalue weighted by molar-refractivity contribution is 5.66. The molecule has 5 nitrogen and oxygen atoms in total. The highest BCUT2D eigenvalue weighted by Crippen LogP contribution is 2.18. The molecular weight excluding hydrogens is 254 g/mol. The van der Waals surface area contributed by atoms with Crippen molar-refractivity contribution in [1.82, 2.24) is 14.7 Å². The minimum atomic E-state index is -0.760. The van der Waals surface area contributed by atoms with Crippen LogP contribution in [0.3, 0.4) is 0 Å². The van der Waals surface area contributed by atoms with Gasteiger partial charge < -0.3 is 5.11 Å². The number of rotatable bonds is 7. The van der Waals surface area contributed by atoms with Crippen LogP contribution < -0.4 is 0 Å². The van der Waals surface area contributed by atoms with E-state index in [1.807, 2.05) is 16.9 Å². The molecule has 1 rings (SSSR count). The molecule has 0 spiro atoms. The molecule has 0 saturated heterocycles. The molecular formula is C15H27N3O2. The zero-order chi connectivity index (χ0) is 15.3. The molecule has 1 N–H and O–H groups in total. The van der Waals surface area contributed by atoms with E-state index in [1.165, 1.54) is 0 Å². The van der Waals surface area contributed by atoms with Gasteiger partial charge >= 0.3 is 5.97 Å². The first kappa shape index (κ1) is 16.7. The van der Waals surface area contributed by atoms with Gasteiger partial charge in [-0.05, 0) is 40.2 Å². The standard InChI is InChI=1S/C15H27N3O2/c1-6-12(2)18-10-7-13(16-18)11-17(15(3,4)5)9-8-14(19)20/h7,10,12H,6,8-9,11H2,1-5H3,(H,19,20). The Kier molecular flexibility index (Phi) is 5.74. The molecule has 1 aromatic heterocycles. The third-order valence-corrected chi connectivity index (χ3v) is 3.60. The molecule has 1 aromatic rings. The van der Waals surface area contributed by atoms with Crippen LogP contribution in [0.5, 0.6) is 0 Å². The van der Waals surface area contributed by atoms with E-state index >= 15 is 0 Å². The summed E-state index contributed by atoms with van der Waals surface area (Å²) in [4.78, 5) is 12.9. The molecule has 0 aromatic carbocycles. The Labute approximate surface area is 121 Å². The van der Waals surface area contributed by atoms with Gasteiger partial charge in [-0.25, -0.2) is 0 Å². The van der Waals surface area contributed by atoms with Gasteiger partial charge in [0, 0.05) is 30.9 Å². The van der Waals surface area contributed by atoms with E-state index < -0.39 is 5.97 Å². The zero-order valence-electron chi connectivity index (χ0n) is 13.3. The summed E-state index contributed by atoms with van der Waals surface area (Å²) in [5.74, 6) is -0.760. The molecule has 0 saturated carbocycles. The molecule has 1 unspecified atom stereocenters. The van der Waals surface area contributed by atoms with Crippen LogP contribution in [0.15, 0.2) is 12.3 Å². The Morgan fingerprint density at radius 1 is 1.50 bits per heavy atom. The topological polar surface area (TPSA) is 58.4 Å². The van der Waals surface area contributed by atoms with E-state index in [9.17, 15) is 4.79 Å². The fraction of sp³-hybridized carbons (Fsp3) is 0.733. The van der Waals surface area contributed by atoms with Crippen molar-refractivity contribution in [2.45, 2.75) is 65.6 Å². The smallest absolute Gasteiger partial charge is 0.304 e. The number of hydrogen-bond donors (Lipinski definition) is 1. The first-order chi connectivity index (χ1) is 9.24. The van der Waals surface area contributed by atoms with E-state index in [-0.39, 0.29) is 12.0 Å². The van der Waals surface area contributed by atoms with Gasteiger partial charge in [0.25, 0.3) is 0 Å². The predicted molar refractivity (Wildman–Crippen MR) is 79.6 cm³/mol. The van der Waals surface area contributed by atoms with Crippen LogP contribution in [0.4, 0.5) is 0 Å². The molecule has 1 atom stereocenters. The molecule has 1 heterocycles. The van der Waals surface area contributed by atoms with Crippen LogP contribution in [-0.2, 0) is 11.3 Å². The summed E-state index contributed by atoms with van der Waals surface area (Å²) in [5.41, 5.74) is 0.918. The van der Waals surface area contributed by atoms with Crippen molar-refractivity contribution in [1.29, 1.82) is 0 Å². The Balaban J connectivity index is 2.74. The van der Waals surface area contributed by atoms with Gasteiger partial charge in [0.05, 0.1) is 12.1 Å². The molecule has 0 aliphatic heterocycles. The maximum atomic E-state index is 10.8. The van der Waals surface area contributed by atoms with Gasteiger partial charge in [0.2, 0.25) is 0 Å². The maximum absolute atomic E-state index is 10.8. The molecule has 0 aliphatic rings. The van der Waals surface area contributed by atoms with Gasteiger partial charge in [0.15, 0.2) is 0 Å². The van der Waals surface area contributed by atoms with Gasteiger partial charge in [-0.1, -0.05) is 6.92 Å². The number of aliphatic carboxylic acids is 1. The summed E-state index contributed by atoms with van der Waals surface area (Å²) >= 11 is 0. The highest BCUT2D eigenvalue weighted by atomic mass is 16.4. The third-order valence-electron chi connectivity index (χ3n) is 3.60. The lowest BCUT2D eigenvalue weighted by Gasteiger charge is -2.34. The van der Waals surface area contributed by atoms with Crippen molar-refractivity contribution < 1.29 is 9.90 Å². The second-order valence-corrected chi connectivity index (χ2v) is 6.28. The maximum Gasteiger partial charge on any atom is 0.304 e. The number of carbonyl (C=O) groups is 1. The molecule has 0 radical (unpaired) electrons. The molecule has 0 amide bonds. The normalized spacial score (nSPS) is 13.7. The summed E-state index contributed by atoms with van der Waals surface area (Å²) in [6, 6.07) is 2.41. The van der Waals surface area contributed by atoms with E-state index in [1.54, 1.807) is 0 Å². The fourth-order valence-electron chi connectivity index (χ4n) is 1.97. The Hall–Kier alpha value is -1.36. The Morgan fingerprint density at radius 2 is 2.15 bits per heavy atom. The largest absolute Gasteiger partial charge is 0.481 e. The number of nitrogens with zero attached hydrogens (tertiary/aromatic N) is 3. The Bertz CT molecular complexity index is 435. The van der Waals surface area contributed by atoms with Crippen LogP contribution in [0, 0.1) is 0 Å². The SMILES string of the molecule is CCC(C)n1ccc(CN(CCC(=O)O)C(C)(C)C)n1.